The van der Waals surface area contributed by atoms with Gasteiger partial charge >= 0.3 is 0 Å². The minimum absolute atomic E-state index is 0.202. The van der Waals surface area contributed by atoms with E-state index in [9.17, 15) is 4.39 Å². The summed E-state index contributed by atoms with van der Waals surface area (Å²) in [5, 5.41) is 3.30. The number of benzene rings is 2. The molecule has 2 aromatic carbocycles. The molecule has 0 aliphatic heterocycles. The van der Waals surface area contributed by atoms with Gasteiger partial charge in [-0.2, -0.15) is 0 Å². The second-order valence-electron chi connectivity index (χ2n) is 4.27. The van der Waals surface area contributed by atoms with Crippen molar-refractivity contribution in [1.29, 1.82) is 0 Å². The average molecular weight is 324 g/mol. The van der Waals surface area contributed by atoms with Crippen molar-refractivity contribution >= 4 is 21.6 Å². The Labute approximate surface area is 120 Å². The second kappa shape index (κ2) is 6.06. The van der Waals surface area contributed by atoms with Gasteiger partial charge in [0.25, 0.3) is 0 Å². The highest BCUT2D eigenvalue weighted by Crippen LogP contribution is 2.28. The van der Waals surface area contributed by atoms with Crippen molar-refractivity contribution in [2.75, 3.05) is 12.4 Å². The number of nitrogens with one attached hydrogen (secondary N) is 1. The standard InChI is InChI=1S/C15H15BrFNO/c1-10-7-12(17)4-3-11(10)9-18-13-5-6-14(16)15(8-13)19-2/h3-8,18H,9H2,1-2H3. The molecule has 0 aromatic heterocycles. The Balaban J connectivity index is 2.10. The van der Waals surface area contributed by atoms with Gasteiger partial charge in [0.2, 0.25) is 0 Å². The van der Waals surface area contributed by atoms with Gasteiger partial charge in [-0.05, 0) is 58.2 Å². The Kier molecular flexibility index (Phi) is 4.43. The van der Waals surface area contributed by atoms with Gasteiger partial charge in [-0.25, -0.2) is 4.39 Å². The quantitative estimate of drug-likeness (QED) is 0.893. The van der Waals surface area contributed by atoms with Crippen LogP contribution in [0.2, 0.25) is 0 Å². The lowest BCUT2D eigenvalue weighted by molar-refractivity contribution is 0.412. The highest BCUT2D eigenvalue weighted by Gasteiger charge is 2.03. The molecule has 0 amide bonds. The Bertz CT molecular complexity index is 586. The van der Waals surface area contributed by atoms with Crippen molar-refractivity contribution in [3.05, 3.63) is 57.8 Å². The van der Waals surface area contributed by atoms with Gasteiger partial charge in [0, 0.05) is 18.3 Å². The fourth-order valence-corrected chi connectivity index (χ4v) is 2.23. The number of halogens is 2. The van der Waals surface area contributed by atoms with Crippen LogP contribution in [0.3, 0.4) is 0 Å². The second-order valence-corrected chi connectivity index (χ2v) is 5.13. The third-order valence-electron chi connectivity index (χ3n) is 2.94. The van der Waals surface area contributed by atoms with Crippen LogP contribution in [0, 0.1) is 12.7 Å². The maximum absolute atomic E-state index is 13.0. The summed E-state index contributed by atoms with van der Waals surface area (Å²) in [6, 6.07) is 10.6. The molecule has 0 heterocycles. The number of hydrogen-bond donors (Lipinski definition) is 1. The monoisotopic (exact) mass is 323 g/mol. The molecule has 0 radical (unpaired) electrons. The van der Waals surface area contributed by atoms with Crippen LogP contribution < -0.4 is 10.1 Å². The van der Waals surface area contributed by atoms with Crippen LogP contribution in [0.15, 0.2) is 40.9 Å². The molecule has 2 aromatic rings. The molecule has 0 saturated heterocycles. The molecule has 2 nitrogen and oxygen atoms in total. The summed E-state index contributed by atoms with van der Waals surface area (Å²) in [6.45, 7) is 2.55. The smallest absolute Gasteiger partial charge is 0.135 e. The number of ether oxygens (including phenoxy) is 1. The van der Waals surface area contributed by atoms with E-state index in [1.54, 1.807) is 19.2 Å². The highest BCUT2D eigenvalue weighted by molar-refractivity contribution is 9.10. The van der Waals surface area contributed by atoms with Crippen LogP contribution in [0.1, 0.15) is 11.1 Å². The van der Waals surface area contributed by atoms with Crippen LogP contribution >= 0.6 is 15.9 Å². The fraction of sp³-hybridized carbons (Fsp3) is 0.200. The van der Waals surface area contributed by atoms with E-state index in [0.717, 1.165) is 27.0 Å². The number of anilines is 1. The molecular weight excluding hydrogens is 309 g/mol. The maximum Gasteiger partial charge on any atom is 0.135 e. The molecule has 4 heteroatoms. The van der Waals surface area contributed by atoms with Gasteiger partial charge in [-0.15, -0.1) is 0 Å². The first kappa shape index (κ1) is 13.9. The molecule has 19 heavy (non-hydrogen) atoms. The lowest BCUT2D eigenvalue weighted by Gasteiger charge is -2.11. The van der Waals surface area contributed by atoms with Gasteiger partial charge in [-0.3, -0.25) is 0 Å². The summed E-state index contributed by atoms with van der Waals surface area (Å²) in [7, 11) is 1.63. The van der Waals surface area contributed by atoms with Crippen LogP contribution in [0.25, 0.3) is 0 Å². The molecule has 0 aliphatic carbocycles. The first-order chi connectivity index (χ1) is 9.10. The van der Waals surface area contributed by atoms with E-state index in [0.29, 0.717) is 6.54 Å². The van der Waals surface area contributed by atoms with Crippen LogP contribution in [-0.4, -0.2) is 7.11 Å². The zero-order valence-corrected chi connectivity index (χ0v) is 12.4. The van der Waals surface area contributed by atoms with Gasteiger partial charge in [0.1, 0.15) is 11.6 Å². The Morgan fingerprint density at radius 1 is 1.21 bits per heavy atom. The Morgan fingerprint density at radius 3 is 2.68 bits per heavy atom. The molecule has 0 unspecified atom stereocenters. The first-order valence-corrected chi connectivity index (χ1v) is 6.72. The van der Waals surface area contributed by atoms with Crippen LogP contribution in [-0.2, 0) is 6.54 Å². The normalized spacial score (nSPS) is 10.3. The third-order valence-corrected chi connectivity index (χ3v) is 3.59. The number of methoxy groups -OCH3 is 1. The molecule has 100 valence electrons. The van der Waals surface area contributed by atoms with Gasteiger partial charge in [0.15, 0.2) is 0 Å². The van der Waals surface area contributed by atoms with E-state index in [1.807, 2.05) is 25.1 Å². The molecule has 0 aliphatic rings. The first-order valence-electron chi connectivity index (χ1n) is 5.92. The van der Waals surface area contributed by atoms with E-state index in [1.165, 1.54) is 6.07 Å². The van der Waals surface area contributed by atoms with E-state index in [4.69, 9.17) is 4.74 Å². The number of rotatable bonds is 4. The summed E-state index contributed by atoms with van der Waals surface area (Å²) in [4.78, 5) is 0. The molecule has 2 rings (SSSR count). The average Bonchev–Trinajstić information content (AvgIpc) is 2.39. The van der Waals surface area contributed by atoms with Crippen molar-refractivity contribution in [3.63, 3.8) is 0 Å². The molecule has 0 fully saturated rings. The molecule has 0 bridgehead atoms. The zero-order chi connectivity index (χ0) is 13.8. The van der Waals surface area contributed by atoms with E-state index in [-0.39, 0.29) is 5.82 Å². The Hall–Kier alpha value is -1.55. The van der Waals surface area contributed by atoms with Crippen molar-refractivity contribution in [2.24, 2.45) is 0 Å². The number of hydrogen-bond acceptors (Lipinski definition) is 2. The van der Waals surface area contributed by atoms with Crippen molar-refractivity contribution in [2.45, 2.75) is 13.5 Å². The molecule has 0 spiro atoms. The highest BCUT2D eigenvalue weighted by atomic mass is 79.9. The summed E-state index contributed by atoms with van der Waals surface area (Å²) in [5.41, 5.74) is 2.98. The predicted octanol–water partition coefficient (Wildman–Crippen LogP) is 4.52. The van der Waals surface area contributed by atoms with E-state index < -0.39 is 0 Å². The maximum atomic E-state index is 13.0. The van der Waals surface area contributed by atoms with Crippen LogP contribution in [0.4, 0.5) is 10.1 Å². The molecule has 0 atom stereocenters. The fourth-order valence-electron chi connectivity index (χ4n) is 1.82. The van der Waals surface area contributed by atoms with Gasteiger partial charge in [-0.1, -0.05) is 6.07 Å². The lowest BCUT2D eigenvalue weighted by atomic mass is 10.1. The SMILES string of the molecule is COc1cc(NCc2ccc(F)cc2C)ccc1Br. The zero-order valence-electron chi connectivity index (χ0n) is 10.8. The predicted molar refractivity (Wildman–Crippen MR) is 79.2 cm³/mol. The minimum atomic E-state index is -0.202. The van der Waals surface area contributed by atoms with Crippen molar-refractivity contribution in [3.8, 4) is 5.75 Å². The molecular formula is C15H15BrFNO. The molecule has 0 saturated carbocycles. The summed E-state index contributed by atoms with van der Waals surface area (Å²) >= 11 is 3.41. The summed E-state index contributed by atoms with van der Waals surface area (Å²) in [5.74, 6) is 0.576. The van der Waals surface area contributed by atoms with E-state index >= 15 is 0 Å². The summed E-state index contributed by atoms with van der Waals surface area (Å²) < 4.78 is 19.2. The van der Waals surface area contributed by atoms with Crippen molar-refractivity contribution < 1.29 is 9.13 Å². The van der Waals surface area contributed by atoms with Crippen LogP contribution in [0.5, 0.6) is 5.75 Å². The Morgan fingerprint density at radius 2 is 2.00 bits per heavy atom. The summed E-state index contributed by atoms with van der Waals surface area (Å²) in [6.07, 6.45) is 0. The number of aryl methyl sites for hydroxylation is 1. The molecule has 1 N–H and O–H groups in total. The lowest BCUT2D eigenvalue weighted by Crippen LogP contribution is -2.02. The van der Waals surface area contributed by atoms with Crippen molar-refractivity contribution in [1.82, 2.24) is 0 Å². The topological polar surface area (TPSA) is 21.3 Å². The minimum Gasteiger partial charge on any atom is -0.495 e. The third kappa shape index (κ3) is 3.47. The van der Waals surface area contributed by atoms with Gasteiger partial charge < -0.3 is 10.1 Å². The van der Waals surface area contributed by atoms with Gasteiger partial charge in [0.05, 0.1) is 11.6 Å². The largest absolute Gasteiger partial charge is 0.495 e. The van der Waals surface area contributed by atoms with E-state index in [2.05, 4.69) is 21.2 Å².